The molecule has 0 fully saturated rings. The fraction of sp³-hybridized carbons (Fsp3) is 0.0909. The van der Waals surface area contributed by atoms with Crippen LogP contribution in [0.1, 0.15) is 5.56 Å². The maximum atomic E-state index is 12.8. The van der Waals surface area contributed by atoms with Gasteiger partial charge in [-0.15, -0.1) is 0 Å². The molecule has 65 valence electrons. The van der Waals surface area contributed by atoms with Crippen molar-refractivity contribution in [1.82, 2.24) is 0 Å². The molecular weight excluding hydrogens is 167 g/mol. The van der Waals surface area contributed by atoms with E-state index in [1.807, 2.05) is 6.07 Å². The van der Waals surface area contributed by atoms with Crippen molar-refractivity contribution >= 4 is 10.8 Å². The van der Waals surface area contributed by atoms with Crippen molar-refractivity contribution in [3.63, 3.8) is 0 Å². The first-order valence-electron chi connectivity index (χ1n) is 4.06. The summed E-state index contributed by atoms with van der Waals surface area (Å²) >= 11 is 0. The molecule has 0 saturated heterocycles. The summed E-state index contributed by atoms with van der Waals surface area (Å²) in [5, 5.41) is 12.3. The highest BCUT2D eigenvalue weighted by Gasteiger charge is 1.97. The molecule has 13 heavy (non-hydrogen) atoms. The molecule has 0 unspecified atom stereocenters. The minimum Gasteiger partial charge on any atom is -0.232 e. The van der Waals surface area contributed by atoms with Crippen LogP contribution < -0.4 is 0 Å². The summed E-state index contributed by atoms with van der Waals surface area (Å²) in [7, 11) is 0. The molecule has 2 heteroatoms. The summed E-state index contributed by atoms with van der Waals surface area (Å²) in [5.74, 6) is -0.268. The SMILES string of the molecule is [O]Cc1ccc2ccc(F)cc2c1. The van der Waals surface area contributed by atoms with Gasteiger partial charge >= 0.3 is 0 Å². The lowest BCUT2D eigenvalue weighted by Crippen LogP contribution is -1.82. The largest absolute Gasteiger partial charge is 0.232 e. The van der Waals surface area contributed by atoms with E-state index in [0.717, 1.165) is 10.8 Å². The zero-order valence-electron chi connectivity index (χ0n) is 6.96. The molecule has 2 aromatic rings. The molecule has 2 aromatic carbocycles. The Morgan fingerprint density at radius 1 is 1.00 bits per heavy atom. The third kappa shape index (κ3) is 1.53. The summed E-state index contributed by atoms with van der Waals surface area (Å²) < 4.78 is 12.8. The van der Waals surface area contributed by atoms with Crippen LogP contribution in [0.2, 0.25) is 0 Å². The fourth-order valence-corrected chi connectivity index (χ4v) is 1.36. The monoisotopic (exact) mass is 175 g/mol. The van der Waals surface area contributed by atoms with Gasteiger partial charge in [-0.1, -0.05) is 18.2 Å². The van der Waals surface area contributed by atoms with E-state index in [4.69, 9.17) is 0 Å². The molecule has 0 aliphatic rings. The molecule has 1 radical (unpaired) electrons. The maximum Gasteiger partial charge on any atom is 0.123 e. The maximum absolute atomic E-state index is 12.8. The normalized spacial score (nSPS) is 10.6. The molecule has 0 atom stereocenters. The molecule has 0 aliphatic carbocycles. The average Bonchev–Trinajstić information content (AvgIpc) is 2.16. The molecule has 0 aliphatic heterocycles. The molecule has 2 rings (SSSR count). The van der Waals surface area contributed by atoms with Gasteiger partial charge in [0, 0.05) is 0 Å². The zero-order chi connectivity index (χ0) is 9.26. The van der Waals surface area contributed by atoms with E-state index in [1.54, 1.807) is 18.2 Å². The van der Waals surface area contributed by atoms with Crippen LogP contribution in [0, 0.1) is 5.82 Å². The number of rotatable bonds is 1. The van der Waals surface area contributed by atoms with E-state index in [2.05, 4.69) is 0 Å². The number of halogens is 1. The lowest BCUT2D eigenvalue weighted by Gasteiger charge is -1.99. The fourth-order valence-electron chi connectivity index (χ4n) is 1.36. The lowest BCUT2D eigenvalue weighted by molar-refractivity contribution is 0.177. The van der Waals surface area contributed by atoms with Crippen LogP contribution in [0.15, 0.2) is 36.4 Å². The van der Waals surface area contributed by atoms with Crippen molar-refractivity contribution < 1.29 is 9.50 Å². The average molecular weight is 175 g/mol. The highest BCUT2D eigenvalue weighted by Crippen LogP contribution is 2.17. The van der Waals surface area contributed by atoms with Gasteiger partial charge in [0.15, 0.2) is 0 Å². The van der Waals surface area contributed by atoms with Gasteiger partial charge in [-0.05, 0) is 34.5 Å². The standard InChI is InChI=1S/C11H8FO/c12-11-4-3-9-2-1-8(7-13)5-10(9)6-11/h1-6H,7H2. The number of fused-ring (bicyclic) bond motifs is 1. The van der Waals surface area contributed by atoms with E-state index >= 15 is 0 Å². The number of hydrogen-bond donors (Lipinski definition) is 0. The van der Waals surface area contributed by atoms with Crippen LogP contribution in [-0.4, -0.2) is 0 Å². The number of benzene rings is 2. The van der Waals surface area contributed by atoms with Gasteiger partial charge in [0.1, 0.15) is 12.4 Å². The van der Waals surface area contributed by atoms with Crippen LogP contribution >= 0.6 is 0 Å². The Bertz CT molecular complexity index is 437. The highest BCUT2D eigenvalue weighted by atomic mass is 19.1. The van der Waals surface area contributed by atoms with Gasteiger partial charge in [0.2, 0.25) is 0 Å². The predicted octanol–water partition coefficient (Wildman–Crippen LogP) is 2.91. The molecule has 0 amide bonds. The van der Waals surface area contributed by atoms with Crippen LogP contribution in [0.3, 0.4) is 0 Å². The second-order valence-electron chi connectivity index (χ2n) is 2.97. The Balaban J connectivity index is 2.68. The minimum absolute atomic E-state index is 0.257. The van der Waals surface area contributed by atoms with Gasteiger partial charge in [-0.25, -0.2) is 9.50 Å². The van der Waals surface area contributed by atoms with E-state index in [9.17, 15) is 9.50 Å². The molecule has 0 N–H and O–H groups in total. The summed E-state index contributed by atoms with van der Waals surface area (Å²) in [4.78, 5) is 0. The van der Waals surface area contributed by atoms with Gasteiger partial charge in [0.05, 0.1) is 0 Å². The van der Waals surface area contributed by atoms with Gasteiger partial charge in [0.25, 0.3) is 0 Å². The summed E-state index contributed by atoms with van der Waals surface area (Å²) in [6, 6.07) is 9.90. The molecule has 0 aromatic heterocycles. The van der Waals surface area contributed by atoms with E-state index in [0.29, 0.717) is 5.56 Å². The summed E-state index contributed by atoms with van der Waals surface area (Å²) in [6.45, 7) is -0.257. The Morgan fingerprint density at radius 3 is 2.54 bits per heavy atom. The summed E-state index contributed by atoms with van der Waals surface area (Å²) in [5.41, 5.74) is 0.693. The van der Waals surface area contributed by atoms with E-state index in [-0.39, 0.29) is 12.4 Å². The Labute approximate surface area is 75.4 Å². The first-order chi connectivity index (χ1) is 6.29. The van der Waals surface area contributed by atoms with Gasteiger partial charge in [-0.2, -0.15) is 0 Å². The first-order valence-corrected chi connectivity index (χ1v) is 4.06. The highest BCUT2D eigenvalue weighted by molar-refractivity contribution is 5.83. The van der Waals surface area contributed by atoms with Crippen LogP contribution in [0.5, 0.6) is 0 Å². The Hall–Kier alpha value is -1.41. The minimum atomic E-state index is -0.268. The zero-order valence-corrected chi connectivity index (χ0v) is 6.96. The van der Waals surface area contributed by atoms with Crippen LogP contribution in [0.4, 0.5) is 4.39 Å². The molecular formula is C11H8FO. The van der Waals surface area contributed by atoms with Crippen LogP contribution in [-0.2, 0) is 11.7 Å². The van der Waals surface area contributed by atoms with Crippen molar-refractivity contribution in [2.45, 2.75) is 6.61 Å². The molecule has 0 spiro atoms. The lowest BCUT2D eigenvalue weighted by atomic mass is 10.1. The van der Waals surface area contributed by atoms with Gasteiger partial charge < -0.3 is 0 Å². The number of hydrogen-bond acceptors (Lipinski definition) is 0. The van der Waals surface area contributed by atoms with Crippen molar-refractivity contribution in [2.24, 2.45) is 0 Å². The molecule has 0 heterocycles. The van der Waals surface area contributed by atoms with Crippen molar-refractivity contribution in [3.05, 3.63) is 47.8 Å². The van der Waals surface area contributed by atoms with Crippen molar-refractivity contribution in [1.29, 1.82) is 0 Å². The molecule has 0 saturated carbocycles. The second-order valence-corrected chi connectivity index (χ2v) is 2.97. The predicted molar refractivity (Wildman–Crippen MR) is 48.3 cm³/mol. The van der Waals surface area contributed by atoms with Crippen molar-refractivity contribution in [2.75, 3.05) is 0 Å². The Kier molecular flexibility index (Phi) is 1.99. The summed E-state index contributed by atoms with van der Waals surface area (Å²) in [6.07, 6.45) is 0. The third-order valence-electron chi connectivity index (χ3n) is 2.03. The van der Waals surface area contributed by atoms with E-state index in [1.165, 1.54) is 12.1 Å². The molecule has 1 nitrogen and oxygen atoms in total. The molecule has 0 bridgehead atoms. The Morgan fingerprint density at radius 2 is 1.77 bits per heavy atom. The smallest absolute Gasteiger partial charge is 0.123 e. The third-order valence-corrected chi connectivity index (χ3v) is 2.03. The second kappa shape index (κ2) is 3.15. The van der Waals surface area contributed by atoms with Gasteiger partial charge in [-0.3, -0.25) is 0 Å². The van der Waals surface area contributed by atoms with Crippen molar-refractivity contribution in [3.8, 4) is 0 Å². The first kappa shape index (κ1) is 8.20. The quantitative estimate of drug-likeness (QED) is 0.635. The van der Waals surface area contributed by atoms with Crippen LogP contribution in [0.25, 0.3) is 10.8 Å². The van der Waals surface area contributed by atoms with E-state index < -0.39 is 0 Å². The topological polar surface area (TPSA) is 19.9 Å².